The SMILES string of the molecule is [2H]C([2H])([2H])OCC12CCC(CCN3CCc4c(nc(C(=O)Nc5cccc(-c6cccc(NC(=O)c7nc8c(n7C)CCN(CCC79CCC(C(=O)O)(CC7)C9)C8)c6Cl)c5C)n4C)C3)(CC1)C2. The van der Waals surface area contributed by atoms with Gasteiger partial charge in [0.25, 0.3) is 11.8 Å². The highest BCUT2D eigenvalue weighted by Gasteiger charge is 2.58. The van der Waals surface area contributed by atoms with Crippen LogP contribution in [0.2, 0.25) is 5.02 Å². The molecule has 2 aromatic heterocycles. The number of methoxy groups -OCH3 is 1. The van der Waals surface area contributed by atoms with Crippen molar-refractivity contribution in [2.24, 2.45) is 35.8 Å². The molecule has 0 saturated heterocycles. The number of nitrogens with one attached hydrogen (secondary N) is 2. The van der Waals surface area contributed by atoms with Crippen LogP contribution >= 0.6 is 11.6 Å². The standard InChI is InChI=1S/C50H63ClN8O5/c1-32-33(7-5-9-35(32)54-44(60)42-52-37-27-58(23-11-39(37)56(42)2)25-21-47-13-15-49(29-47,16-14-47)31-64-4)34-8-6-10-36(41(34)51)55-45(61)43-53-38-28-59(24-12-40(38)57(43)3)26-22-48-17-19-50(30-48,20-18-48)46(62)63/h5-10H,11-31H2,1-4H3,(H,54,60)(H,55,61)(H,62,63)/i4D3. The van der Waals surface area contributed by atoms with Crippen LogP contribution in [0.3, 0.4) is 0 Å². The van der Waals surface area contributed by atoms with Crippen LogP contribution < -0.4 is 10.6 Å². The van der Waals surface area contributed by atoms with Crippen LogP contribution in [0.1, 0.15) is 131 Å². The number of nitrogens with zero attached hydrogens (tertiary/aromatic N) is 6. The molecule has 2 aromatic carbocycles. The summed E-state index contributed by atoms with van der Waals surface area (Å²) in [4.78, 5) is 54.4. The maximum Gasteiger partial charge on any atom is 0.309 e. The molecule has 2 amide bonds. The highest BCUT2D eigenvalue weighted by Crippen LogP contribution is 2.64. The van der Waals surface area contributed by atoms with Gasteiger partial charge in [0.15, 0.2) is 11.6 Å². The number of amides is 2. The van der Waals surface area contributed by atoms with Crippen LogP contribution in [0, 0.1) is 28.6 Å². The summed E-state index contributed by atoms with van der Waals surface area (Å²) in [6.07, 6.45) is 13.3. The number of hydrogen-bond donors (Lipinski definition) is 3. The maximum atomic E-state index is 13.9. The summed E-state index contributed by atoms with van der Waals surface area (Å²) in [5.74, 6) is -0.593. The van der Waals surface area contributed by atoms with Gasteiger partial charge >= 0.3 is 5.97 Å². The molecule has 4 heterocycles. The van der Waals surface area contributed by atoms with Gasteiger partial charge in [-0.2, -0.15) is 0 Å². The summed E-state index contributed by atoms with van der Waals surface area (Å²) < 4.78 is 31.6. The fourth-order valence-corrected chi connectivity index (χ4v) is 13.4. The average Bonchev–Trinajstić information content (AvgIpc) is 4.16. The smallest absolute Gasteiger partial charge is 0.309 e. The number of carboxylic acids is 1. The number of carbonyl (C=O) groups is 3. The van der Waals surface area contributed by atoms with Gasteiger partial charge in [0.2, 0.25) is 0 Å². The molecule has 2 aliphatic heterocycles. The van der Waals surface area contributed by atoms with E-state index in [4.69, 9.17) is 30.4 Å². The third kappa shape index (κ3) is 7.57. The molecular weight excluding hydrogens is 828 g/mol. The second kappa shape index (κ2) is 16.4. The molecule has 10 rings (SSSR count). The number of ether oxygens (including phenoxy) is 1. The zero-order valence-corrected chi connectivity index (χ0v) is 38.2. The van der Waals surface area contributed by atoms with E-state index in [2.05, 4.69) is 20.4 Å². The average molecular weight is 895 g/mol. The second-order valence-corrected chi connectivity index (χ2v) is 21.0. The fourth-order valence-electron chi connectivity index (χ4n) is 13.1. The topological polar surface area (TPSA) is 147 Å². The molecule has 340 valence electrons. The lowest BCUT2D eigenvalue weighted by atomic mass is 9.80. The first-order valence-electron chi connectivity index (χ1n) is 24.8. The molecule has 6 aliphatic rings. The van der Waals surface area contributed by atoms with E-state index >= 15 is 0 Å². The summed E-state index contributed by atoms with van der Waals surface area (Å²) in [7, 11) is 1.45. The van der Waals surface area contributed by atoms with Crippen LogP contribution in [-0.4, -0.2) is 91.6 Å². The van der Waals surface area contributed by atoms with Crippen LogP contribution in [0.5, 0.6) is 0 Å². The van der Waals surface area contributed by atoms with E-state index in [0.29, 0.717) is 53.3 Å². The Labute approximate surface area is 385 Å². The largest absolute Gasteiger partial charge is 0.481 e. The van der Waals surface area contributed by atoms with E-state index in [1.807, 2.05) is 60.5 Å². The minimum atomic E-state index is -2.35. The van der Waals surface area contributed by atoms with Gasteiger partial charge in [-0.25, -0.2) is 9.97 Å². The highest BCUT2D eigenvalue weighted by molar-refractivity contribution is 6.36. The summed E-state index contributed by atoms with van der Waals surface area (Å²) in [6.45, 7) is 7.19. The molecule has 14 heteroatoms. The van der Waals surface area contributed by atoms with Gasteiger partial charge in [-0.3, -0.25) is 24.2 Å². The number of imidazole rings is 2. The molecule has 4 aliphatic carbocycles. The van der Waals surface area contributed by atoms with E-state index in [9.17, 15) is 19.5 Å². The molecule has 0 radical (unpaired) electrons. The lowest BCUT2D eigenvalue weighted by molar-refractivity contribution is -0.148. The zero-order valence-electron chi connectivity index (χ0n) is 40.5. The summed E-state index contributed by atoms with van der Waals surface area (Å²) in [5.41, 5.74) is 7.25. The van der Waals surface area contributed by atoms with Crippen molar-refractivity contribution in [1.82, 2.24) is 28.9 Å². The zero-order chi connectivity index (χ0) is 47.1. The van der Waals surface area contributed by atoms with Crippen molar-refractivity contribution in [3.8, 4) is 11.1 Å². The van der Waals surface area contributed by atoms with Crippen molar-refractivity contribution < 1.29 is 28.3 Å². The Morgan fingerprint density at radius 2 is 1.27 bits per heavy atom. The van der Waals surface area contributed by atoms with Gasteiger partial charge in [-0.1, -0.05) is 35.9 Å². The van der Waals surface area contributed by atoms with Gasteiger partial charge in [0.1, 0.15) is 0 Å². The number of carboxylic acid groups (broad SMARTS) is 1. The van der Waals surface area contributed by atoms with Crippen molar-refractivity contribution in [1.29, 1.82) is 0 Å². The predicted molar refractivity (Wildman–Crippen MR) is 247 cm³/mol. The summed E-state index contributed by atoms with van der Waals surface area (Å²) in [6, 6.07) is 11.2. The molecule has 0 unspecified atom stereocenters. The number of fused-ring (bicyclic) bond motifs is 6. The number of carbonyl (C=O) groups excluding carboxylic acids is 2. The Hall–Kier alpha value is -4.56. The maximum absolute atomic E-state index is 13.9. The van der Waals surface area contributed by atoms with Crippen molar-refractivity contribution in [2.45, 2.75) is 110 Å². The van der Waals surface area contributed by atoms with E-state index in [1.165, 1.54) is 0 Å². The van der Waals surface area contributed by atoms with Crippen molar-refractivity contribution in [3.63, 3.8) is 0 Å². The minimum Gasteiger partial charge on any atom is -0.481 e. The Morgan fingerprint density at radius 1 is 0.750 bits per heavy atom. The Kier molecular flexibility index (Phi) is 10.2. The van der Waals surface area contributed by atoms with Gasteiger partial charge in [-0.15, -0.1) is 0 Å². The van der Waals surface area contributed by atoms with Gasteiger partial charge < -0.3 is 29.6 Å². The minimum absolute atomic E-state index is 0.00130. The fraction of sp³-hybridized carbons (Fsp3) is 0.580. The number of hydrogen-bond acceptors (Lipinski definition) is 8. The molecule has 3 N–H and O–H groups in total. The number of aliphatic carboxylic acids is 1. The lowest BCUT2D eigenvalue weighted by Gasteiger charge is -2.32. The quantitative estimate of drug-likeness (QED) is 0.114. The van der Waals surface area contributed by atoms with Crippen LogP contribution in [0.15, 0.2) is 36.4 Å². The van der Waals surface area contributed by atoms with Gasteiger partial charge in [-0.05, 0) is 137 Å². The van der Waals surface area contributed by atoms with Crippen LogP contribution in [-0.2, 0) is 49.6 Å². The predicted octanol–water partition coefficient (Wildman–Crippen LogP) is 8.42. The lowest BCUT2D eigenvalue weighted by Crippen LogP contribution is -2.34. The molecule has 4 aromatic rings. The molecular formula is C50H63ClN8O5. The molecule has 0 spiro atoms. The van der Waals surface area contributed by atoms with Crippen LogP contribution in [0.25, 0.3) is 11.1 Å². The molecule has 0 atom stereocenters. The number of anilines is 2. The third-order valence-electron chi connectivity index (χ3n) is 17.0. The van der Waals surface area contributed by atoms with E-state index < -0.39 is 18.4 Å². The first-order valence-corrected chi connectivity index (χ1v) is 23.7. The third-order valence-corrected chi connectivity index (χ3v) is 17.5. The van der Waals surface area contributed by atoms with E-state index in [-0.39, 0.29) is 28.1 Å². The summed E-state index contributed by atoms with van der Waals surface area (Å²) in [5, 5.41) is 16.4. The van der Waals surface area contributed by atoms with Crippen molar-refractivity contribution in [3.05, 3.63) is 81.4 Å². The monoisotopic (exact) mass is 893 g/mol. The molecule has 4 fully saturated rings. The molecule has 13 nitrogen and oxygen atoms in total. The van der Waals surface area contributed by atoms with Gasteiger partial charge in [0, 0.05) is 82.8 Å². The molecule has 64 heavy (non-hydrogen) atoms. The summed E-state index contributed by atoms with van der Waals surface area (Å²) >= 11 is 7.09. The second-order valence-electron chi connectivity index (χ2n) is 20.6. The molecule has 4 bridgehead atoms. The van der Waals surface area contributed by atoms with E-state index in [0.717, 1.165) is 150 Å². The highest BCUT2D eigenvalue weighted by atomic mass is 35.5. The number of halogens is 1. The van der Waals surface area contributed by atoms with E-state index in [1.54, 1.807) is 6.07 Å². The number of aromatic nitrogens is 4. The Bertz CT molecular complexity index is 2620. The van der Waals surface area contributed by atoms with Crippen molar-refractivity contribution >= 4 is 40.8 Å². The first kappa shape index (κ1) is 39.8. The van der Waals surface area contributed by atoms with Crippen LogP contribution in [0.4, 0.5) is 11.4 Å². The molecule has 4 saturated carbocycles. The number of rotatable bonds is 14. The normalized spacial score (nSPS) is 28.1. The van der Waals surface area contributed by atoms with Gasteiger partial charge in [0.05, 0.1) is 38.2 Å². The van der Waals surface area contributed by atoms with Crippen molar-refractivity contribution in [2.75, 3.05) is 50.5 Å². The Balaban J connectivity index is 0.763. The first-order chi connectivity index (χ1) is 31.9. The Morgan fingerprint density at radius 3 is 1.83 bits per heavy atom. The number of benzene rings is 2.